The van der Waals surface area contributed by atoms with Crippen LogP contribution in [0.4, 0.5) is 5.69 Å². The minimum atomic E-state index is 0.125. The van der Waals surface area contributed by atoms with E-state index >= 15 is 0 Å². The number of benzene rings is 1. The van der Waals surface area contributed by atoms with E-state index < -0.39 is 0 Å². The van der Waals surface area contributed by atoms with Crippen LogP contribution in [-0.2, 0) is 4.79 Å². The first-order valence-electron chi connectivity index (χ1n) is 4.37. The molecule has 1 aromatic rings. The molecule has 0 N–H and O–H groups in total. The molecule has 1 unspecified atom stereocenters. The fourth-order valence-electron chi connectivity index (χ4n) is 1.57. The van der Waals surface area contributed by atoms with Crippen LogP contribution >= 0.6 is 27.5 Å². The molecular weight excluding hydrogens is 265 g/mol. The average molecular weight is 275 g/mol. The maximum atomic E-state index is 11.6. The van der Waals surface area contributed by atoms with E-state index in [1.807, 2.05) is 18.2 Å². The van der Waals surface area contributed by atoms with E-state index in [-0.39, 0.29) is 10.7 Å². The van der Waals surface area contributed by atoms with Crippen molar-refractivity contribution in [3.05, 3.63) is 29.3 Å². The Kier molecular flexibility index (Phi) is 2.79. The second kappa shape index (κ2) is 3.91. The van der Waals surface area contributed by atoms with E-state index in [1.165, 1.54) is 0 Å². The lowest BCUT2D eigenvalue weighted by Gasteiger charge is -2.16. The minimum absolute atomic E-state index is 0.125. The van der Waals surface area contributed by atoms with Gasteiger partial charge in [-0.25, -0.2) is 0 Å². The summed E-state index contributed by atoms with van der Waals surface area (Å²) in [7, 11) is 0. The SMILES string of the molecule is O=C1CC(Br)CN1c1ccccc1Cl. The van der Waals surface area contributed by atoms with Crippen molar-refractivity contribution >= 4 is 39.1 Å². The Bertz CT molecular complexity index is 369. The summed E-state index contributed by atoms with van der Waals surface area (Å²) in [5.41, 5.74) is 0.807. The van der Waals surface area contributed by atoms with Crippen LogP contribution in [0.2, 0.25) is 5.02 Å². The first kappa shape index (κ1) is 9.99. The highest BCUT2D eigenvalue weighted by Crippen LogP contribution is 2.30. The van der Waals surface area contributed by atoms with Crippen LogP contribution < -0.4 is 4.90 Å². The van der Waals surface area contributed by atoms with Gasteiger partial charge in [0.05, 0.1) is 10.7 Å². The molecule has 2 nitrogen and oxygen atoms in total. The summed E-state index contributed by atoms with van der Waals surface area (Å²) in [6.45, 7) is 0.697. The van der Waals surface area contributed by atoms with Crippen molar-refractivity contribution in [3.8, 4) is 0 Å². The van der Waals surface area contributed by atoms with Crippen LogP contribution in [0.25, 0.3) is 0 Å². The second-order valence-electron chi connectivity index (χ2n) is 3.26. The Morgan fingerprint density at radius 2 is 2.14 bits per heavy atom. The Morgan fingerprint density at radius 1 is 1.43 bits per heavy atom. The van der Waals surface area contributed by atoms with Crippen LogP contribution in [-0.4, -0.2) is 17.3 Å². The molecule has 1 aromatic carbocycles. The van der Waals surface area contributed by atoms with Crippen molar-refractivity contribution in [2.45, 2.75) is 11.2 Å². The molecule has 0 radical (unpaired) electrons. The predicted molar refractivity (Wildman–Crippen MR) is 61.1 cm³/mol. The number of halogens is 2. The summed E-state index contributed by atoms with van der Waals surface area (Å²) in [6, 6.07) is 7.41. The lowest BCUT2D eigenvalue weighted by Crippen LogP contribution is -2.24. The number of hydrogen-bond acceptors (Lipinski definition) is 1. The van der Waals surface area contributed by atoms with Gasteiger partial charge in [0, 0.05) is 17.8 Å². The number of alkyl halides is 1. The fraction of sp³-hybridized carbons (Fsp3) is 0.300. The highest BCUT2D eigenvalue weighted by Gasteiger charge is 2.29. The summed E-state index contributed by atoms with van der Waals surface area (Å²) in [5.74, 6) is 0.125. The Labute approximate surface area is 96.0 Å². The number of amides is 1. The van der Waals surface area contributed by atoms with Crippen molar-refractivity contribution in [1.82, 2.24) is 0 Å². The number of hydrogen-bond donors (Lipinski definition) is 0. The van der Waals surface area contributed by atoms with Gasteiger partial charge in [0.25, 0.3) is 0 Å². The van der Waals surface area contributed by atoms with Gasteiger partial charge in [-0.2, -0.15) is 0 Å². The fourth-order valence-corrected chi connectivity index (χ4v) is 2.37. The number of carbonyl (C=O) groups is 1. The van der Waals surface area contributed by atoms with Crippen molar-refractivity contribution in [2.24, 2.45) is 0 Å². The molecule has 0 bridgehead atoms. The molecule has 0 aromatic heterocycles. The van der Waals surface area contributed by atoms with Crippen LogP contribution in [0.5, 0.6) is 0 Å². The average Bonchev–Trinajstić information content (AvgIpc) is 2.46. The highest BCUT2D eigenvalue weighted by atomic mass is 79.9. The molecule has 1 amide bonds. The zero-order valence-corrected chi connectivity index (χ0v) is 9.75. The van der Waals surface area contributed by atoms with Crippen LogP contribution in [0.15, 0.2) is 24.3 Å². The van der Waals surface area contributed by atoms with E-state index in [9.17, 15) is 4.79 Å². The number of para-hydroxylation sites is 1. The maximum Gasteiger partial charge on any atom is 0.228 e. The zero-order chi connectivity index (χ0) is 10.1. The normalized spacial score (nSPS) is 21.7. The van der Waals surface area contributed by atoms with E-state index in [1.54, 1.807) is 11.0 Å². The van der Waals surface area contributed by atoms with Crippen molar-refractivity contribution in [1.29, 1.82) is 0 Å². The molecule has 14 heavy (non-hydrogen) atoms. The summed E-state index contributed by atoms with van der Waals surface area (Å²) in [6.07, 6.45) is 0.547. The van der Waals surface area contributed by atoms with E-state index in [4.69, 9.17) is 11.6 Å². The summed E-state index contributed by atoms with van der Waals surface area (Å²) in [5, 5.41) is 0.627. The first-order valence-corrected chi connectivity index (χ1v) is 5.67. The lowest BCUT2D eigenvalue weighted by atomic mass is 10.3. The van der Waals surface area contributed by atoms with Crippen molar-refractivity contribution in [3.63, 3.8) is 0 Å². The molecule has 4 heteroatoms. The Balaban J connectivity index is 2.32. The Morgan fingerprint density at radius 3 is 2.71 bits per heavy atom. The zero-order valence-electron chi connectivity index (χ0n) is 7.41. The summed E-state index contributed by atoms with van der Waals surface area (Å²) < 4.78 is 0. The van der Waals surface area contributed by atoms with E-state index in [0.29, 0.717) is 18.0 Å². The molecule has 1 heterocycles. The van der Waals surface area contributed by atoms with E-state index in [0.717, 1.165) is 5.69 Å². The number of anilines is 1. The quantitative estimate of drug-likeness (QED) is 0.721. The molecule has 1 atom stereocenters. The third-order valence-corrected chi connectivity index (χ3v) is 3.15. The first-order chi connectivity index (χ1) is 6.68. The van der Waals surface area contributed by atoms with Gasteiger partial charge in [-0.05, 0) is 12.1 Å². The molecule has 1 saturated heterocycles. The van der Waals surface area contributed by atoms with Gasteiger partial charge >= 0.3 is 0 Å². The molecule has 2 rings (SSSR count). The van der Waals surface area contributed by atoms with Gasteiger partial charge in [-0.3, -0.25) is 4.79 Å². The monoisotopic (exact) mass is 273 g/mol. The molecule has 1 aliphatic heterocycles. The third kappa shape index (κ3) is 1.79. The molecule has 0 saturated carbocycles. The van der Waals surface area contributed by atoms with Gasteiger partial charge in [-0.1, -0.05) is 39.7 Å². The van der Waals surface area contributed by atoms with Crippen molar-refractivity contribution < 1.29 is 4.79 Å². The molecule has 0 aliphatic carbocycles. The van der Waals surface area contributed by atoms with Crippen LogP contribution in [0, 0.1) is 0 Å². The molecule has 74 valence electrons. The van der Waals surface area contributed by atoms with Gasteiger partial charge in [0.1, 0.15) is 0 Å². The number of nitrogens with zero attached hydrogens (tertiary/aromatic N) is 1. The number of rotatable bonds is 1. The smallest absolute Gasteiger partial charge is 0.228 e. The topological polar surface area (TPSA) is 20.3 Å². The Hall–Kier alpha value is -0.540. The molecular formula is C10H9BrClNO. The predicted octanol–water partition coefficient (Wildman–Crippen LogP) is 2.84. The largest absolute Gasteiger partial charge is 0.310 e. The van der Waals surface area contributed by atoms with Gasteiger partial charge in [0.15, 0.2) is 0 Å². The third-order valence-electron chi connectivity index (χ3n) is 2.22. The van der Waals surface area contributed by atoms with E-state index in [2.05, 4.69) is 15.9 Å². The summed E-state index contributed by atoms with van der Waals surface area (Å²) >= 11 is 9.44. The number of carbonyl (C=O) groups excluding carboxylic acids is 1. The van der Waals surface area contributed by atoms with Gasteiger partial charge < -0.3 is 4.90 Å². The molecule has 1 aliphatic rings. The highest BCUT2D eigenvalue weighted by molar-refractivity contribution is 9.09. The minimum Gasteiger partial charge on any atom is -0.310 e. The maximum absolute atomic E-state index is 11.6. The van der Waals surface area contributed by atoms with Crippen molar-refractivity contribution in [2.75, 3.05) is 11.4 Å². The van der Waals surface area contributed by atoms with Crippen LogP contribution in [0.3, 0.4) is 0 Å². The van der Waals surface area contributed by atoms with Gasteiger partial charge in [-0.15, -0.1) is 0 Å². The standard InChI is InChI=1S/C10H9BrClNO/c11-7-5-10(14)13(6-7)9-4-2-1-3-8(9)12/h1-4,7H,5-6H2. The van der Waals surface area contributed by atoms with Crippen LogP contribution in [0.1, 0.15) is 6.42 Å². The summed E-state index contributed by atoms with van der Waals surface area (Å²) in [4.78, 5) is 13.5. The second-order valence-corrected chi connectivity index (χ2v) is 4.96. The lowest BCUT2D eigenvalue weighted by molar-refractivity contribution is -0.117. The molecule has 1 fully saturated rings. The molecule has 0 spiro atoms. The van der Waals surface area contributed by atoms with Gasteiger partial charge in [0.2, 0.25) is 5.91 Å².